The molecule has 0 aliphatic rings. The number of pyridine rings is 1. The average molecular weight is 296 g/mol. The Balaban J connectivity index is 1.92. The highest BCUT2D eigenvalue weighted by molar-refractivity contribution is 6.08. The monoisotopic (exact) mass is 296 g/mol. The van der Waals surface area contributed by atoms with E-state index in [1.54, 1.807) is 20.4 Å². The van der Waals surface area contributed by atoms with Gasteiger partial charge in [-0.3, -0.25) is 5.10 Å². The molecule has 1 aromatic carbocycles. The SMILES string of the molecule is COc1ccc2nc(Nc3nnn(C)n3)c3[nH]ncc3c2c1. The van der Waals surface area contributed by atoms with Gasteiger partial charge in [0.15, 0.2) is 5.82 Å². The normalized spacial score (nSPS) is 11.2. The third-order valence-corrected chi connectivity index (χ3v) is 3.34. The second-order valence-corrected chi connectivity index (χ2v) is 4.73. The Morgan fingerprint density at radius 2 is 2.18 bits per heavy atom. The van der Waals surface area contributed by atoms with E-state index in [1.165, 1.54) is 4.80 Å². The largest absolute Gasteiger partial charge is 0.497 e. The summed E-state index contributed by atoms with van der Waals surface area (Å²) in [5.74, 6) is 1.74. The standard InChI is InChI=1S/C13H12N8O/c1-21-19-13(18-20-21)16-12-11-9(6-14-17-11)8-5-7(22-2)3-4-10(8)15-12/h3-6H,1-2H3,(H,14,17)(H,15,16,19). The van der Waals surface area contributed by atoms with Crippen LogP contribution in [0.4, 0.5) is 11.8 Å². The van der Waals surface area contributed by atoms with Gasteiger partial charge >= 0.3 is 0 Å². The molecule has 0 saturated carbocycles. The fourth-order valence-electron chi connectivity index (χ4n) is 2.33. The van der Waals surface area contributed by atoms with Crippen LogP contribution in [-0.2, 0) is 7.05 Å². The van der Waals surface area contributed by atoms with Gasteiger partial charge in [-0.1, -0.05) is 5.10 Å². The van der Waals surface area contributed by atoms with Gasteiger partial charge in [-0.05, 0) is 23.4 Å². The Kier molecular flexibility index (Phi) is 2.65. The van der Waals surface area contributed by atoms with E-state index in [9.17, 15) is 0 Å². The maximum Gasteiger partial charge on any atom is 0.269 e. The summed E-state index contributed by atoms with van der Waals surface area (Å²) in [6, 6.07) is 5.70. The third-order valence-electron chi connectivity index (χ3n) is 3.34. The number of benzene rings is 1. The Hall–Kier alpha value is -3.23. The van der Waals surface area contributed by atoms with E-state index in [2.05, 4.69) is 35.9 Å². The van der Waals surface area contributed by atoms with Crippen LogP contribution in [0.5, 0.6) is 5.75 Å². The van der Waals surface area contributed by atoms with Crippen molar-refractivity contribution in [3.63, 3.8) is 0 Å². The lowest BCUT2D eigenvalue weighted by atomic mass is 10.1. The summed E-state index contributed by atoms with van der Waals surface area (Å²) in [5.41, 5.74) is 1.59. The van der Waals surface area contributed by atoms with Crippen LogP contribution in [0, 0.1) is 0 Å². The molecule has 110 valence electrons. The highest BCUT2D eigenvalue weighted by atomic mass is 16.5. The zero-order valence-corrected chi connectivity index (χ0v) is 11.9. The molecule has 4 aromatic rings. The smallest absolute Gasteiger partial charge is 0.269 e. The van der Waals surface area contributed by atoms with Gasteiger partial charge < -0.3 is 10.1 Å². The Morgan fingerprint density at radius 3 is 2.95 bits per heavy atom. The molecule has 0 bridgehead atoms. The number of methoxy groups -OCH3 is 1. The maximum absolute atomic E-state index is 5.27. The van der Waals surface area contributed by atoms with E-state index in [0.717, 1.165) is 27.6 Å². The molecule has 0 saturated heterocycles. The number of ether oxygens (including phenoxy) is 1. The molecule has 0 aliphatic heterocycles. The fourth-order valence-corrected chi connectivity index (χ4v) is 2.33. The van der Waals surface area contributed by atoms with E-state index in [1.807, 2.05) is 18.2 Å². The first-order valence-electron chi connectivity index (χ1n) is 6.56. The molecule has 0 atom stereocenters. The van der Waals surface area contributed by atoms with Crippen LogP contribution in [0.25, 0.3) is 21.8 Å². The van der Waals surface area contributed by atoms with Crippen LogP contribution in [0.15, 0.2) is 24.4 Å². The molecule has 0 unspecified atom stereocenters. The molecule has 2 N–H and O–H groups in total. The van der Waals surface area contributed by atoms with Crippen LogP contribution in [-0.4, -0.2) is 42.5 Å². The average Bonchev–Trinajstić information content (AvgIpc) is 3.16. The second-order valence-electron chi connectivity index (χ2n) is 4.73. The van der Waals surface area contributed by atoms with Crippen LogP contribution in [0.3, 0.4) is 0 Å². The van der Waals surface area contributed by atoms with Crippen molar-refractivity contribution in [2.24, 2.45) is 7.05 Å². The lowest BCUT2D eigenvalue weighted by Gasteiger charge is -2.07. The van der Waals surface area contributed by atoms with Crippen molar-refractivity contribution in [2.45, 2.75) is 0 Å². The van der Waals surface area contributed by atoms with E-state index in [0.29, 0.717) is 11.8 Å². The summed E-state index contributed by atoms with van der Waals surface area (Å²) in [6.07, 6.45) is 1.76. The number of aromatic amines is 1. The van der Waals surface area contributed by atoms with E-state index in [4.69, 9.17) is 4.74 Å². The maximum atomic E-state index is 5.27. The van der Waals surface area contributed by atoms with Gasteiger partial charge in [0, 0.05) is 10.8 Å². The predicted octanol–water partition coefficient (Wildman–Crippen LogP) is 1.39. The van der Waals surface area contributed by atoms with Crippen molar-refractivity contribution in [3.05, 3.63) is 24.4 Å². The van der Waals surface area contributed by atoms with Gasteiger partial charge in [0.1, 0.15) is 11.3 Å². The van der Waals surface area contributed by atoms with Gasteiger partial charge in [0.2, 0.25) is 0 Å². The molecule has 0 aliphatic carbocycles. The first kappa shape index (κ1) is 12.5. The van der Waals surface area contributed by atoms with Crippen molar-refractivity contribution in [1.29, 1.82) is 0 Å². The molecule has 3 heterocycles. The molecule has 9 heteroatoms. The molecule has 0 spiro atoms. The minimum absolute atomic E-state index is 0.374. The molecule has 3 aromatic heterocycles. The molecule has 0 fully saturated rings. The molecule has 4 rings (SSSR count). The van der Waals surface area contributed by atoms with Crippen molar-refractivity contribution in [1.82, 2.24) is 35.4 Å². The third kappa shape index (κ3) is 1.91. The number of nitrogens with zero attached hydrogens (tertiary/aromatic N) is 6. The summed E-state index contributed by atoms with van der Waals surface area (Å²) in [4.78, 5) is 5.97. The van der Waals surface area contributed by atoms with Gasteiger partial charge in [0.25, 0.3) is 5.95 Å². The summed E-state index contributed by atoms with van der Waals surface area (Å²) < 4.78 is 5.27. The summed E-state index contributed by atoms with van der Waals surface area (Å²) >= 11 is 0. The minimum atomic E-state index is 0.374. The number of aromatic nitrogens is 7. The first-order chi connectivity index (χ1) is 10.7. The predicted molar refractivity (Wildman–Crippen MR) is 80.0 cm³/mol. The number of anilines is 2. The van der Waals surface area contributed by atoms with Gasteiger partial charge in [-0.2, -0.15) is 9.90 Å². The van der Waals surface area contributed by atoms with Crippen LogP contribution in [0.2, 0.25) is 0 Å². The van der Waals surface area contributed by atoms with Crippen LogP contribution < -0.4 is 10.1 Å². The molecule has 0 amide bonds. The van der Waals surface area contributed by atoms with Gasteiger partial charge in [-0.25, -0.2) is 4.98 Å². The topological polar surface area (TPSA) is 106 Å². The van der Waals surface area contributed by atoms with E-state index in [-0.39, 0.29) is 0 Å². The van der Waals surface area contributed by atoms with Gasteiger partial charge in [0.05, 0.1) is 25.9 Å². The Bertz CT molecular complexity index is 973. The fraction of sp³-hybridized carbons (Fsp3) is 0.154. The summed E-state index contributed by atoms with van der Waals surface area (Å²) in [7, 11) is 3.33. The number of tetrazole rings is 1. The minimum Gasteiger partial charge on any atom is -0.497 e. The lowest BCUT2D eigenvalue weighted by Crippen LogP contribution is -1.99. The zero-order chi connectivity index (χ0) is 15.1. The molecule has 9 nitrogen and oxygen atoms in total. The molecule has 22 heavy (non-hydrogen) atoms. The molecular formula is C13H12N8O. The van der Waals surface area contributed by atoms with Crippen LogP contribution in [0.1, 0.15) is 0 Å². The number of hydrogen-bond acceptors (Lipinski definition) is 7. The van der Waals surface area contributed by atoms with Gasteiger partial charge in [-0.15, -0.1) is 5.10 Å². The number of H-pyrrole nitrogens is 1. The first-order valence-corrected chi connectivity index (χ1v) is 6.56. The Morgan fingerprint density at radius 1 is 1.27 bits per heavy atom. The summed E-state index contributed by atoms with van der Waals surface area (Å²) in [5, 5.41) is 23.8. The Labute approximate surface area is 124 Å². The van der Waals surface area contributed by atoms with Crippen molar-refractivity contribution >= 4 is 33.6 Å². The second kappa shape index (κ2) is 4.65. The number of aryl methyl sites for hydroxylation is 1. The van der Waals surface area contributed by atoms with E-state index >= 15 is 0 Å². The zero-order valence-electron chi connectivity index (χ0n) is 11.9. The van der Waals surface area contributed by atoms with E-state index < -0.39 is 0 Å². The number of fused-ring (bicyclic) bond motifs is 3. The van der Waals surface area contributed by atoms with Crippen LogP contribution >= 0.6 is 0 Å². The van der Waals surface area contributed by atoms with Crippen molar-refractivity contribution < 1.29 is 4.74 Å². The quantitative estimate of drug-likeness (QED) is 0.588. The number of hydrogen-bond donors (Lipinski definition) is 2. The van der Waals surface area contributed by atoms with Crippen molar-refractivity contribution in [2.75, 3.05) is 12.4 Å². The van der Waals surface area contributed by atoms with Crippen molar-refractivity contribution in [3.8, 4) is 5.75 Å². The number of rotatable bonds is 3. The highest BCUT2D eigenvalue weighted by Gasteiger charge is 2.12. The molecular weight excluding hydrogens is 284 g/mol. The lowest BCUT2D eigenvalue weighted by molar-refractivity contribution is 0.415. The number of nitrogens with one attached hydrogen (secondary N) is 2. The molecule has 0 radical (unpaired) electrons. The highest BCUT2D eigenvalue weighted by Crippen LogP contribution is 2.30. The summed E-state index contributed by atoms with van der Waals surface area (Å²) in [6.45, 7) is 0.